The minimum absolute atomic E-state index is 0. The molecule has 6 nitrogen and oxygen atoms in total. The zero-order valence-electron chi connectivity index (χ0n) is 13.6. The second-order valence-electron chi connectivity index (χ2n) is 6.10. The third-order valence-corrected chi connectivity index (χ3v) is 4.38. The molecule has 1 aliphatic carbocycles. The van der Waals surface area contributed by atoms with Crippen molar-refractivity contribution in [1.29, 1.82) is 0 Å². The highest BCUT2D eigenvalue weighted by molar-refractivity contribution is 6.01. The average molecular weight is 375 g/mol. The fourth-order valence-corrected chi connectivity index (χ4v) is 2.83. The first-order valence-corrected chi connectivity index (χ1v) is 7.74. The largest absolute Gasteiger partial charge is 0.372 e. The molecule has 0 bridgehead atoms. The van der Waals surface area contributed by atoms with Gasteiger partial charge in [0.15, 0.2) is 0 Å². The van der Waals surface area contributed by atoms with Crippen LogP contribution in [-0.2, 0) is 4.79 Å². The molecular weight excluding hydrogens is 351 g/mol. The molecule has 134 valence electrons. The summed E-state index contributed by atoms with van der Waals surface area (Å²) in [7, 11) is 1.94. The minimum atomic E-state index is -0.133. The summed E-state index contributed by atoms with van der Waals surface area (Å²) in [6.07, 6.45) is 2.71. The number of fused-ring (bicyclic) bond motifs is 1. The lowest BCUT2D eigenvalue weighted by Gasteiger charge is -2.20. The van der Waals surface area contributed by atoms with Gasteiger partial charge in [0.2, 0.25) is 5.91 Å². The smallest absolute Gasteiger partial charge is 0.251 e. The van der Waals surface area contributed by atoms with E-state index in [9.17, 15) is 9.59 Å². The van der Waals surface area contributed by atoms with E-state index in [1.54, 1.807) is 12.1 Å². The Morgan fingerprint density at radius 3 is 2.75 bits per heavy atom. The molecule has 2 aliphatic rings. The van der Waals surface area contributed by atoms with Crippen molar-refractivity contribution in [3.63, 3.8) is 0 Å². The van der Waals surface area contributed by atoms with Crippen LogP contribution in [0.4, 0.5) is 11.4 Å². The lowest BCUT2D eigenvalue weighted by molar-refractivity contribution is -0.115. The van der Waals surface area contributed by atoms with Gasteiger partial charge in [0.1, 0.15) is 0 Å². The first-order valence-electron chi connectivity index (χ1n) is 7.74. The van der Waals surface area contributed by atoms with Crippen LogP contribution in [0.3, 0.4) is 0 Å². The van der Waals surface area contributed by atoms with Crippen LogP contribution in [0.5, 0.6) is 0 Å². The van der Waals surface area contributed by atoms with E-state index in [-0.39, 0.29) is 42.7 Å². The number of nitrogens with two attached hydrogens (primary N) is 1. The summed E-state index contributed by atoms with van der Waals surface area (Å²) in [5.74, 6) is 0.355. The molecule has 24 heavy (non-hydrogen) atoms. The third-order valence-electron chi connectivity index (χ3n) is 4.38. The number of anilines is 2. The Labute approximate surface area is 154 Å². The van der Waals surface area contributed by atoms with Gasteiger partial charge >= 0.3 is 0 Å². The van der Waals surface area contributed by atoms with Crippen LogP contribution in [0.1, 0.15) is 29.6 Å². The van der Waals surface area contributed by atoms with E-state index in [1.165, 1.54) is 0 Å². The van der Waals surface area contributed by atoms with Crippen LogP contribution in [-0.4, -0.2) is 38.0 Å². The van der Waals surface area contributed by atoms with Crippen molar-refractivity contribution in [2.75, 3.05) is 30.4 Å². The number of halogens is 2. The van der Waals surface area contributed by atoms with Crippen molar-refractivity contribution >= 4 is 48.0 Å². The molecule has 1 fully saturated rings. The molecule has 8 heteroatoms. The van der Waals surface area contributed by atoms with Crippen molar-refractivity contribution in [3.8, 4) is 0 Å². The molecule has 1 saturated carbocycles. The van der Waals surface area contributed by atoms with Gasteiger partial charge in [-0.25, -0.2) is 0 Å². The number of carbonyl (C=O) groups is 2. The lowest BCUT2D eigenvalue weighted by Crippen LogP contribution is -2.41. The van der Waals surface area contributed by atoms with Crippen molar-refractivity contribution in [2.24, 2.45) is 11.7 Å². The maximum atomic E-state index is 12.4. The van der Waals surface area contributed by atoms with Gasteiger partial charge in [-0.1, -0.05) is 0 Å². The Bertz CT molecular complexity index is 608. The number of nitrogens with zero attached hydrogens (tertiary/aromatic N) is 1. The first kappa shape index (κ1) is 20.5. The maximum Gasteiger partial charge on any atom is 0.251 e. The first-order chi connectivity index (χ1) is 10.6. The molecule has 1 aromatic rings. The van der Waals surface area contributed by atoms with Gasteiger partial charge in [-0.05, 0) is 37.0 Å². The van der Waals surface area contributed by atoms with E-state index in [1.807, 2.05) is 18.0 Å². The predicted molar refractivity (Wildman–Crippen MR) is 100 cm³/mol. The van der Waals surface area contributed by atoms with Gasteiger partial charge in [0.25, 0.3) is 5.91 Å². The van der Waals surface area contributed by atoms with Gasteiger partial charge in [-0.15, -0.1) is 24.8 Å². The minimum Gasteiger partial charge on any atom is -0.372 e. The Balaban J connectivity index is 0.00000144. The van der Waals surface area contributed by atoms with Crippen molar-refractivity contribution in [2.45, 2.75) is 25.3 Å². The lowest BCUT2D eigenvalue weighted by atomic mass is 10.1. The van der Waals surface area contributed by atoms with Crippen LogP contribution in [0, 0.1) is 5.92 Å². The Kier molecular flexibility index (Phi) is 7.32. The maximum absolute atomic E-state index is 12.4. The number of benzene rings is 1. The summed E-state index contributed by atoms with van der Waals surface area (Å²) in [4.78, 5) is 26.1. The van der Waals surface area contributed by atoms with Gasteiger partial charge in [-0.3, -0.25) is 9.59 Å². The molecule has 1 unspecified atom stereocenters. The summed E-state index contributed by atoms with van der Waals surface area (Å²) in [6, 6.07) is 5.46. The predicted octanol–water partition coefficient (Wildman–Crippen LogP) is 1.78. The monoisotopic (exact) mass is 374 g/mol. The van der Waals surface area contributed by atoms with Crippen molar-refractivity contribution < 1.29 is 9.59 Å². The zero-order valence-corrected chi connectivity index (χ0v) is 15.2. The van der Waals surface area contributed by atoms with Crippen LogP contribution in [0.25, 0.3) is 0 Å². The quantitative estimate of drug-likeness (QED) is 0.749. The van der Waals surface area contributed by atoms with E-state index in [0.717, 1.165) is 18.5 Å². The Morgan fingerprint density at radius 2 is 2.12 bits per heavy atom. The summed E-state index contributed by atoms with van der Waals surface area (Å²) < 4.78 is 0. The van der Waals surface area contributed by atoms with Crippen LogP contribution < -0.4 is 21.3 Å². The molecule has 0 aromatic heterocycles. The van der Waals surface area contributed by atoms with E-state index in [0.29, 0.717) is 36.7 Å². The number of hydrogen-bond acceptors (Lipinski definition) is 4. The summed E-state index contributed by atoms with van der Waals surface area (Å²) in [6.45, 7) is 1.13. The van der Waals surface area contributed by atoms with Crippen molar-refractivity contribution in [3.05, 3.63) is 23.8 Å². The van der Waals surface area contributed by atoms with Gasteiger partial charge in [0.05, 0.1) is 11.4 Å². The highest BCUT2D eigenvalue weighted by Gasteiger charge is 2.31. The van der Waals surface area contributed by atoms with E-state index >= 15 is 0 Å². The number of rotatable bonds is 4. The highest BCUT2D eigenvalue weighted by atomic mass is 35.5. The Hall–Kier alpha value is -1.50. The van der Waals surface area contributed by atoms with Crippen LogP contribution in [0.15, 0.2) is 18.2 Å². The molecule has 0 radical (unpaired) electrons. The summed E-state index contributed by atoms with van der Waals surface area (Å²) in [5.41, 5.74) is 7.90. The van der Waals surface area contributed by atoms with Crippen molar-refractivity contribution in [1.82, 2.24) is 5.32 Å². The SMILES string of the molecule is CN1CCC(=O)Nc2cc(C(=O)NC(CN)C3CC3)ccc21.Cl.Cl. The van der Waals surface area contributed by atoms with Gasteiger partial charge in [-0.2, -0.15) is 0 Å². The normalized spacial score (nSPS) is 17.4. The van der Waals surface area contributed by atoms with Crippen LogP contribution >= 0.6 is 24.8 Å². The molecule has 2 amide bonds. The van der Waals surface area contributed by atoms with E-state index in [4.69, 9.17) is 5.73 Å². The summed E-state index contributed by atoms with van der Waals surface area (Å²) >= 11 is 0. The molecular formula is C16H24Cl2N4O2. The molecule has 0 spiro atoms. The molecule has 1 atom stereocenters. The fourth-order valence-electron chi connectivity index (χ4n) is 2.83. The van der Waals surface area contributed by atoms with E-state index < -0.39 is 0 Å². The fraction of sp³-hybridized carbons (Fsp3) is 0.500. The number of amides is 2. The standard InChI is InChI=1S/C16H22N4O2.2ClH/c1-20-7-6-15(21)18-12-8-11(4-5-14(12)20)16(22)19-13(9-17)10-2-3-10;;/h4-5,8,10,13H,2-3,6-7,9,17H2,1H3,(H,18,21)(H,19,22);2*1H. The highest BCUT2D eigenvalue weighted by Crippen LogP contribution is 2.33. The number of nitrogens with one attached hydrogen (secondary N) is 2. The molecule has 1 aliphatic heterocycles. The molecule has 1 heterocycles. The van der Waals surface area contributed by atoms with Crippen LogP contribution in [0.2, 0.25) is 0 Å². The summed E-state index contributed by atoms with van der Waals surface area (Å²) in [5, 5.41) is 5.86. The molecule has 3 rings (SSSR count). The Morgan fingerprint density at radius 1 is 1.42 bits per heavy atom. The average Bonchev–Trinajstić information content (AvgIpc) is 3.34. The number of hydrogen-bond donors (Lipinski definition) is 3. The second kappa shape index (κ2) is 8.55. The third kappa shape index (κ3) is 4.53. The zero-order chi connectivity index (χ0) is 15.7. The topological polar surface area (TPSA) is 87.5 Å². The van der Waals surface area contributed by atoms with E-state index in [2.05, 4.69) is 10.6 Å². The molecule has 0 saturated heterocycles. The molecule has 1 aromatic carbocycles. The second-order valence-corrected chi connectivity index (χ2v) is 6.10. The van der Waals surface area contributed by atoms with Gasteiger partial charge < -0.3 is 21.3 Å². The van der Waals surface area contributed by atoms with Gasteiger partial charge in [0, 0.05) is 38.2 Å². The molecule has 4 N–H and O–H groups in total. The number of carbonyl (C=O) groups excluding carboxylic acids is 2.